The molecule has 0 saturated heterocycles. The molecule has 0 fully saturated rings. The summed E-state index contributed by atoms with van der Waals surface area (Å²) in [5, 5.41) is 3.52. The molecule has 1 N–H and O–H groups in total. The van der Waals surface area contributed by atoms with E-state index in [0.717, 1.165) is 16.1 Å². The molecule has 3 aromatic carbocycles. The van der Waals surface area contributed by atoms with Gasteiger partial charge in [-0.2, -0.15) is 0 Å². The second-order valence-corrected chi connectivity index (χ2v) is 11.9. The average molecular weight is 607 g/mol. The van der Waals surface area contributed by atoms with Crippen LogP contribution in [0.2, 0.25) is 10.0 Å². The Balaban J connectivity index is 1.86. The first-order chi connectivity index (χ1) is 19.0. The summed E-state index contributed by atoms with van der Waals surface area (Å²) < 4.78 is 32.5. The molecule has 0 aromatic heterocycles. The van der Waals surface area contributed by atoms with Crippen LogP contribution in [0.4, 0.5) is 5.69 Å². The van der Waals surface area contributed by atoms with E-state index in [1.54, 1.807) is 56.3 Å². The highest BCUT2D eigenvalue weighted by Gasteiger charge is 2.32. The maximum absolute atomic E-state index is 13.7. The van der Waals surface area contributed by atoms with Crippen LogP contribution < -0.4 is 14.4 Å². The smallest absolute Gasteiger partial charge is 0.244 e. The van der Waals surface area contributed by atoms with E-state index in [0.29, 0.717) is 46.6 Å². The van der Waals surface area contributed by atoms with E-state index in [9.17, 15) is 18.0 Å². The maximum Gasteiger partial charge on any atom is 0.244 e. The summed E-state index contributed by atoms with van der Waals surface area (Å²) in [4.78, 5) is 28.0. The van der Waals surface area contributed by atoms with Crippen molar-refractivity contribution in [3.05, 3.63) is 94.0 Å². The molecular formula is C29H33Cl2N3O5S. The lowest BCUT2D eigenvalue weighted by Gasteiger charge is -2.33. The van der Waals surface area contributed by atoms with E-state index in [4.69, 9.17) is 27.9 Å². The van der Waals surface area contributed by atoms with Crippen LogP contribution in [0.25, 0.3) is 0 Å². The minimum atomic E-state index is -3.86. The third kappa shape index (κ3) is 8.61. The summed E-state index contributed by atoms with van der Waals surface area (Å²) in [6, 6.07) is 20.1. The summed E-state index contributed by atoms with van der Waals surface area (Å²) in [6.07, 6.45) is 1.34. The molecule has 8 nitrogen and oxygen atoms in total. The molecule has 11 heteroatoms. The lowest BCUT2D eigenvalue weighted by molar-refractivity contribution is -0.140. The predicted octanol–water partition coefficient (Wildman–Crippen LogP) is 5.28. The average Bonchev–Trinajstić information content (AvgIpc) is 2.92. The van der Waals surface area contributed by atoms with Crippen LogP contribution in [-0.4, -0.2) is 50.5 Å². The van der Waals surface area contributed by atoms with Gasteiger partial charge in [0.1, 0.15) is 24.9 Å². The van der Waals surface area contributed by atoms with Crippen molar-refractivity contribution in [1.82, 2.24) is 10.2 Å². The highest BCUT2D eigenvalue weighted by molar-refractivity contribution is 7.92. The molecule has 0 aliphatic heterocycles. The van der Waals surface area contributed by atoms with Gasteiger partial charge in [-0.15, -0.1) is 0 Å². The van der Waals surface area contributed by atoms with Crippen LogP contribution in [0.3, 0.4) is 0 Å². The Morgan fingerprint density at radius 3 is 2.23 bits per heavy atom. The number of halogens is 2. The Morgan fingerprint density at radius 2 is 1.65 bits per heavy atom. The van der Waals surface area contributed by atoms with Gasteiger partial charge in [0, 0.05) is 23.1 Å². The van der Waals surface area contributed by atoms with Gasteiger partial charge in [-0.05, 0) is 60.9 Å². The lowest BCUT2D eigenvalue weighted by Crippen LogP contribution is -2.52. The molecule has 1 unspecified atom stereocenters. The largest absolute Gasteiger partial charge is 0.489 e. The van der Waals surface area contributed by atoms with Crippen LogP contribution in [0.15, 0.2) is 72.8 Å². The molecule has 3 rings (SSSR count). The molecule has 0 radical (unpaired) electrons. The van der Waals surface area contributed by atoms with Gasteiger partial charge in [0.25, 0.3) is 0 Å². The standard InChI is InChI=1S/C29H33Cl2N3O5S/c1-4-27(29(36)32-5-2)33(18-22-11-12-23(30)17-26(22)31)28(35)19-34(40(3,37)38)24-13-15-25(16-14-24)39-20-21-9-7-6-8-10-21/h6-17,27H,4-5,18-20H2,1-3H3,(H,32,36). The van der Waals surface area contributed by atoms with Crippen molar-refractivity contribution in [3.63, 3.8) is 0 Å². The van der Waals surface area contributed by atoms with Crippen molar-refractivity contribution in [1.29, 1.82) is 0 Å². The quantitative estimate of drug-likeness (QED) is 0.286. The summed E-state index contributed by atoms with van der Waals surface area (Å²) in [7, 11) is -3.86. The fourth-order valence-electron chi connectivity index (χ4n) is 4.11. The number of likely N-dealkylation sites (N-methyl/N-ethyl adjacent to an activating group) is 1. The summed E-state index contributed by atoms with van der Waals surface area (Å²) in [6.45, 7) is 3.79. The second kappa shape index (κ2) is 14.4. The Kier molecular flexibility index (Phi) is 11.2. The van der Waals surface area contributed by atoms with Gasteiger partial charge < -0.3 is 15.0 Å². The van der Waals surface area contributed by atoms with Crippen molar-refractivity contribution in [2.45, 2.75) is 39.5 Å². The fraction of sp³-hybridized carbons (Fsp3) is 0.310. The van der Waals surface area contributed by atoms with Crippen molar-refractivity contribution in [2.24, 2.45) is 0 Å². The minimum absolute atomic E-state index is 0.00561. The molecule has 0 saturated carbocycles. The van der Waals surface area contributed by atoms with Crippen molar-refractivity contribution < 1.29 is 22.7 Å². The molecule has 40 heavy (non-hydrogen) atoms. The van der Waals surface area contributed by atoms with E-state index in [1.807, 2.05) is 30.3 Å². The zero-order valence-corrected chi connectivity index (χ0v) is 25.0. The van der Waals surface area contributed by atoms with Gasteiger partial charge in [-0.3, -0.25) is 13.9 Å². The van der Waals surface area contributed by atoms with Crippen LogP contribution >= 0.6 is 23.2 Å². The van der Waals surface area contributed by atoms with E-state index in [1.165, 1.54) is 4.90 Å². The van der Waals surface area contributed by atoms with Crippen LogP contribution in [-0.2, 0) is 32.8 Å². The number of amides is 2. The highest BCUT2D eigenvalue weighted by Crippen LogP contribution is 2.26. The van der Waals surface area contributed by atoms with Gasteiger partial charge >= 0.3 is 0 Å². The van der Waals surface area contributed by atoms with Crippen molar-refractivity contribution in [2.75, 3.05) is 23.7 Å². The molecule has 3 aromatic rings. The predicted molar refractivity (Wildman–Crippen MR) is 159 cm³/mol. The Morgan fingerprint density at radius 1 is 0.975 bits per heavy atom. The number of hydrogen-bond acceptors (Lipinski definition) is 5. The summed E-state index contributed by atoms with van der Waals surface area (Å²) in [5.74, 6) is -0.345. The normalized spacial score (nSPS) is 11.9. The second-order valence-electron chi connectivity index (χ2n) is 9.11. The first kappa shape index (κ1) is 31.3. The highest BCUT2D eigenvalue weighted by atomic mass is 35.5. The molecule has 2 amide bonds. The number of nitrogens with one attached hydrogen (secondary N) is 1. The molecule has 214 valence electrons. The van der Waals surface area contributed by atoms with Crippen LogP contribution in [0.5, 0.6) is 5.75 Å². The fourth-order valence-corrected chi connectivity index (χ4v) is 5.43. The third-order valence-corrected chi connectivity index (χ3v) is 7.87. The SMILES string of the molecule is CCNC(=O)C(CC)N(Cc1ccc(Cl)cc1Cl)C(=O)CN(c1ccc(OCc2ccccc2)cc1)S(C)(=O)=O. The number of benzene rings is 3. The number of hydrogen-bond donors (Lipinski definition) is 1. The van der Waals surface area contributed by atoms with Gasteiger partial charge in [0.15, 0.2) is 0 Å². The van der Waals surface area contributed by atoms with Crippen molar-refractivity contribution >= 4 is 50.7 Å². The molecule has 0 bridgehead atoms. The van der Waals surface area contributed by atoms with Gasteiger partial charge in [0.05, 0.1) is 11.9 Å². The van der Waals surface area contributed by atoms with Crippen LogP contribution in [0, 0.1) is 0 Å². The minimum Gasteiger partial charge on any atom is -0.489 e. The number of sulfonamides is 1. The first-order valence-electron chi connectivity index (χ1n) is 12.8. The zero-order valence-electron chi connectivity index (χ0n) is 22.6. The van der Waals surface area contributed by atoms with E-state index in [2.05, 4.69) is 5.32 Å². The number of nitrogens with zero attached hydrogens (tertiary/aromatic N) is 2. The number of ether oxygens (including phenoxy) is 1. The molecule has 0 heterocycles. The third-order valence-electron chi connectivity index (χ3n) is 6.14. The number of rotatable bonds is 13. The topological polar surface area (TPSA) is 96.0 Å². The van der Waals surface area contributed by atoms with E-state index < -0.39 is 28.5 Å². The lowest BCUT2D eigenvalue weighted by atomic mass is 10.1. The van der Waals surface area contributed by atoms with Gasteiger partial charge in [0.2, 0.25) is 21.8 Å². The van der Waals surface area contributed by atoms with E-state index in [-0.39, 0.29) is 12.5 Å². The molecule has 0 spiro atoms. The maximum atomic E-state index is 13.7. The molecule has 0 aliphatic rings. The number of carbonyl (C=O) groups excluding carboxylic acids is 2. The van der Waals surface area contributed by atoms with Gasteiger partial charge in [-0.1, -0.05) is 66.5 Å². The Labute approximate surface area is 245 Å². The van der Waals surface area contributed by atoms with E-state index >= 15 is 0 Å². The first-order valence-corrected chi connectivity index (χ1v) is 15.4. The number of anilines is 1. The molecular weight excluding hydrogens is 573 g/mol. The van der Waals surface area contributed by atoms with Gasteiger partial charge in [-0.25, -0.2) is 8.42 Å². The summed E-state index contributed by atoms with van der Waals surface area (Å²) >= 11 is 12.4. The van der Waals surface area contributed by atoms with Crippen LogP contribution in [0.1, 0.15) is 31.4 Å². The monoisotopic (exact) mass is 605 g/mol. The number of carbonyl (C=O) groups is 2. The Hall–Kier alpha value is -3.27. The summed E-state index contributed by atoms with van der Waals surface area (Å²) in [5.41, 5.74) is 1.86. The molecule has 0 aliphatic carbocycles. The van der Waals surface area contributed by atoms with Crippen molar-refractivity contribution in [3.8, 4) is 5.75 Å². The zero-order chi connectivity index (χ0) is 29.3. The Bertz CT molecular complexity index is 1400. The molecule has 1 atom stereocenters.